The zero-order valence-electron chi connectivity index (χ0n) is 7.11. The molecule has 0 saturated carbocycles. The first-order chi connectivity index (χ1) is 4.91. The number of nitrogens with one attached hydrogen (secondary N) is 2. The van der Waals surface area contributed by atoms with Gasteiger partial charge >= 0.3 is 0 Å². The monoisotopic (exact) mass is 143 g/mol. The van der Waals surface area contributed by atoms with E-state index in [9.17, 15) is 0 Å². The third kappa shape index (κ3) is 7.92. The normalized spacial score (nSPS) is 10.2. The van der Waals surface area contributed by atoms with Gasteiger partial charge in [-0.15, -0.1) is 0 Å². The molecule has 0 amide bonds. The van der Waals surface area contributed by atoms with E-state index in [0.717, 1.165) is 19.6 Å². The van der Waals surface area contributed by atoms with E-state index in [1.807, 2.05) is 7.05 Å². The average Bonchev–Trinajstić information content (AvgIpc) is 1.97. The molecule has 0 unspecified atom stereocenters. The molecule has 0 atom stereocenters. The number of hydrogen-bond acceptors (Lipinski definition) is 2. The largest absolute Gasteiger partial charge is 0.320 e. The van der Waals surface area contributed by atoms with E-state index >= 15 is 0 Å². The van der Waals surface area contributed by atoms with Crippen LogP contribution in [0.3, 0.4) is 0 Å². The van der Waals surface area contributed by atoms with E-state index in [0.29, 0.717) is 0 Å². The number of rotatable bonds is 7. The molecule has 0 aliphatic rings. The third-order valence-electron chi connectivity index (χ3n) is 1.37. The van der Waals surface area contributed by atoms with E-state index in [4.69, 9.17) is 0 Å². The van der Waals surface area contributed by atoms with E-state index in [1.165, 1.54) is 12.8 Å². The molecule has 61 valence electrons. The van der Waals surface area contributed by atoms with E-state index < -0.39 is 0 Å². The summed E-state index contributed by atoms with van der Waals surface area (Å²) >= 11 is 0. The van der Waals surface area contributed by atoms with Crippen LogP contribution < -0.4 is 10.6 Å². The first-order valence-electron chi connectivity index (χ1n) is 4.08. The minimum Gasteiger partial charge on any atom is -0.320 e. The van der Waals surface area contributed by atoms with Crippen LogP contribution in [0.4, 0.5) is 0 Å². The highest BCUT2D eigenvalue weighted by molar-refractivity contribution is 4.67. The molecule has 0 aliphatic carbocycles. The van der Waals surface area contributed by atoms with Gasteiger partial charge < -0.3 is 10.6 Å². The van der Waals surface area contributed by atoms with Gasteiger partial charge in [0, 0.05) is 0 Å². The second-order valence-corrected chi connectivity index (χ2v) is 2.34. The summed E-state index contributed by atoms with van der Waals surface area (Å²) in [6.07, 6.45) is 4.76. The van der Waals surface area contributed by atoms with Gasteiger partial charge in [0.1, 0.15) is 0 Å². The second kappa shape index (κ2) is 8.92. The van der Waals surface area contributed by atoms with Gasteiger partial charge in [0.05, 0.1) is 0 Å². The average molecular weight is 143 g/mol. The Kier molecular flexibility index (Phi) is 8.85. The summed E-state index contributed by atoms with van der Waals surface area (Å²) in [6, 6.07) is 0. The molecule has 10 heavy (non-hydrogen) atoms. The molecule has 0 saturated heterocycles. The summed E-state index contributed by atoms with van der Waals surface area (Å²) in [5.41, 5.74) is 0. The van der Waals surface area contributed by atoms with Crippen molar-refractivity contribution < 1.29 is 0 Å². The van der Waals surface area contributed by atoms with Crippen LogP contribution in [-0.2, 0) is 0 Å². The van der Waals surface area contributed by atoms with E-state index in [1.54, 1.807) is 0 Å². The van der Waals surface area contributed by atoms with Crippen LogP contribution in [0.15, 0.2) is 0 Å². The Balaban J connectivity index is 2.65. The second-order valence-electron chi connectivity index (χ2n) is 2.34. The highest BCUT2D eigenvalue weighted by Gasteiger charge is 1.86. The smallest absolute Gasteiger partial charge is 0.00175 e. The van der Waals surface area contributed by atoms with Gasteiger partial charge in [-0.1, -0.05) is 6.92 Å². The fourth-order valence-electron chi connectivity index (χ4n) is 0.772. The molecule has 0 aliphatic heterocycles. The van der Waals surface area contributed by atoms with Crippen molar-refractivity contribution in [3.05, 3.63) is 6.42 Å². The molecule has 2 N–H and O–H groups in total. The molecule has 0 spiro atoms. The molecule has 0 bridgehead atoms. The highest BCUT2D eigenvalue weighted by atomic mass is 14.8. The summed E-state index contributed by atoms with van der Waals surface area (Å²) in [4.78, 5) is 0. The van der Waals surface area contributed by atoms with Crippen molar-refractivity contribution in [2.75, 3.05) is 26.7 Å². The van der Waals surface area contributed by atoms with Crippen molar-refractivity contribution >= 4 is 0 Å². The van der Waals surface area contributed by atoms with Gasteiger partial charge in [-0.3, -0.25) is 0 Å². The van der Waals surface area contributed by atoms with Crippen LogP contribution in [0.5, 0.6) is 0 Å². The first kappa shape index (κ1) is 9.92. The van der Waals surface area contributed by atoms with Crippen LogP contribution in [0.1, 0.15) is 19.8 Å². The fraction of sp³-hybridized carbons (Fsp3) is 0.875. The molecule has 0 fully saturated rings. The minimum absolute atomic E-state index is 1.06. The van der Waals surface area contributed by atoms with E-state index in [2.05, 4.69) is 24.0 Å². The minimum atomic E-state index is 1.06. The Hall–Kier alpha value is -0.0800. The quantitative estimate of drug-likeness (QED) is 0.515. The molecule has 0 aromatic heterocycles. The van der Waals surface area contributed by atoms with E-state index in [-0.39, 0.29) is 0 Å². The summed E-state index contributed by atoms with van der Waals surface area (Å²) in [5.74, 6) is 0. The van der Waals surface area contributed by atoms with Gasteiger partial charge in [0.25, 0.3) is 0 Å². The van der Waals surface area contributed by atoms with Crippen molar-refractivity contribution in [3.63, 3.8) is 0 Å². The zero-order valence-corrected chi connectivity index (χ0v) is 7.11. The van der Waals surface area contributed by atoms with Gasteiger partial charge in [0.15, 0.2) is 0 Å². The standard InChI is InChI=1S/C8H19N2/c1-3-10-8-6-4-5-7-9-2/h6,9-10H,3-5,7-8H2,1-2H3. The number of hydrogen-bond donors (Lipinski definition) is 2. The topological polar surface area (TPSA) is 24.1 Å². The van der Waals surface area contributed by atoms with Crippen molar-refractivity contribution in [2.24, 2.45) is 0 Å². The Labute approximate surface area is 64.4 Å². The molecular formula is C8H19N2. The van der Waals surface area contributed by atoms with Crippen LogP contribution in [-0.4, -0.2) is 26.7 Å². The molecule has 2 nitrogen and oxygen atoms in total. The third-order valence-corrected chi connectivity index (χ3v) is 1.37. The molecule has 0 rings (SSSR count). The van der Waals surface area contributed by atoms with Crippen LogP contribution in [0.2, 0.25) is 0 Å². The van der Waals surface area contributed by atoms with Gasteiger partial charge in [-0.05, 0) is 45.9 Å². The van der Waals surface area contributed by atoms with Gasteiger partial charge in [-0.25, -0.2) is 0 Å². The Morgan fingerprint density at radius 2 is 2.20 bits per heavy atom. The van der Waals surface area contributed by atoms with Gasteiger partial charge in [-0.2, -0.15) is 0 Å². The molecule has 0 heterocycles. The fourth-order valence-corrected chi connectivity index (χ4v) is 0.772. The lowest BCUT2D eigenvalue weighted by atomic mass is 10.2. The van der Waals surface area contributed by atoms with Crippen molar-refractivity contribution in [3.8, 4) is 0 Å². The predicted octanol–water partition coefficient (Wildman–Crippen LogP) is 0.800. The first-order valence-corrected chi connectivity index (χ1v) is 4.08. The predicted molar refractivity (Wildman–Crippen MR) is 46.0 cm³/mol. The van der Waals surface area contributed by atoms with Crippen LogP contribution in [0, 0.1) is 6.42 Å². The summed E-state index contributed by atoms with van der Waals surface area (Å²) < 4.78 is 0. The Bertz CT molecular complexity index is 47.2. The van der Waals surface area contributed by atoms with Crippen molar-refractivity contribution in [1.29, 1.82) is 0 Å². The lowest BCUT2D eigenvalue weighted by molar-refractivity contribution is 0.682. The number of unbranched alkanes of at least 4 members (excludes halogenated alkanes) is 2. The zero-order chi connectivity index (χ0) is 7.66. The molecule has 1 radical (unpaired) electrons. The maximum absolute atomic E-state index is 3.25. The van der Waals surface area contributed by atoms with Crippen molar-refractivity contribution in [2.45, 2.75) is 19.8 Å². The van der Waals surface area contributed by atoms with Crippen molar-refractivity contribution in [1.82, 2.24) is 10.6 Å². The highest BCUT2D eigenvalue weighted by Crippen LogP contribution is 1.89. The summed E-state index contributed by atoms with van der Waals surface area (Å²) in [5, 5.41) is 6.37. The molecule has 2 heteroatoms. The molecular weight excluding hydrogens is 124 g/mol. The van der Waals surface area contributed by atoms with Crippen LogP contribution in [0.25, 0.3) is 0 Å². The lowest BCUT2D eigenvalue weighted by Gasteiger charge is -2.00. The Morgan fingerprint density at radius 1 is 1.40 bits per heavy atom. The molecule has 0 aromatic carbocycles. The summed E-state index contributed by atoms with van der Waals surface area (Å²) in [6.45, 7) is 5.38. The summed E-state index contributed by atoms with van der Waals surface area (Å²) in [7, 11) is 1.99. The van der Waals surface area contributed by atoms with Crippen LogP contribution >= 0.6 is 0 Å². The Morgan fingerprint density at radius 3 is 2.80 bits per heavy atom. The molecule has 0 aromatic rings. The SMILES string of the molecule is CCNC[CH]CCCNC. The maximum Gasteiger partial charge on any atom is -0.00175 e. The maximum atomic E-state index is 3.25. The van der Waals surface area contributed by atoms with Gasteiger partial charge in [0.2, 0.25) is 0 Å². The lowest BCUT2D eigenvalue weighted by Crippen LogP contribution is -2.15.